The van der Waals surface area contributed by atoms with Crippen LogP contribution in [0.4, 0.5) is 0 Å². The van der Waals surface area contributed by atoms with Crippen molar-refractivity contribution < 1.29 is 21.8 Å². The Morgan fingerprint density at radius 2 is 1.64 bits per heavy atom. The van der Waals surface area contributed by atoms with E-state index in [1.807, 2.05) is 36.4 Å². The van der Waals surface area contributed by atoms with Gasteiger partial charge in [0.05, 0.1) is 19.3 Å². The third-order valence-electron chi connectivity index (χ3n) is 5.95. The molecule has 0 radical (unpaired) electrons. The maximum Gasteiger partial charge on any atom is 2.00 e. The monoisotopic (exact) mass is 474 g/mol. The fourth-order valence-corrected chi connectivity index (χ4v) is 4.49. The van der Waals surface area contributed by atoms with Crippen molar-refractivity contribution in [2.24, 2.45) is 0 Å². The van der Waals surface area contributed by atoms with Crippen molar-refractivity contribution in [3.63, 3.8) is 0 Å². The molecule has 0 N–H and O–H groups in total. The number of aromatic nitrogens is 2. The predicted molar refractivity (Wildman–Crippen MR) is 130 cm³/mol. The predicted octanol–water partition coefficient (Wildman–Crippen LogP) is 6.49. The van der Waals surface area contributed by atoms with Gasteiger partial charge in [-0.2, -0.15) is 41.5 Å². The summed E-state index contributed by atoms with van der Waals surface area (Å²) >= 11 is 0. The molecule has 1 aliphatic carbocycles. The first-order valence-electron chi connectivity index (χ1n) is 11.0. The van der Waals surface area contributed by atoms with Crippen LogP contribution in [0.1, 0.15) is 16.7 Å². The van der Waals surface area contributed by atoms with Crippen LogP contribution in [0.3, 0.4) is 0 Å². The number of hydrogen-bond donors (Lipinski definition) is 0. The standard InChI is InChI=1S/C24H21N2O.C5H5.Fe/c1-27-22-13-7-12-20-19(22)14-15-21-23(20)25-26(16-17-8-3-2-4-9-17)24(21)18-10-5-6-11-18;1-2-4-5-3-1;/h2-13H,14-16H2,1H3;1-5H;/q2*-1;+2. The Hall–Kier alpha value is -3.33. The van der Waals surface area contributed by atoms with Gasteiger partial charge in [0.15, 0.2) is 0 Å². The second-order valence-corrected chi connectivity index (χ2v) is 7.94. The van der Waals surface area contributed by atoms with Gasteiger partial charge in [-0.25, -0.2) is 12.1 Å². The van der Waals surface area contributed by atoms with Gasteiger partial charge in [-0.3, -0.25) is 4.68 Å². The van der Waals surface area contributed by atoms with Crippen LogP contribution in [0.15, 0.2) is 103 Å². The zero-order valence-electron chi connectivity index (χ0n) is 18.6. The Balaban J connectivity index is 0.000000385. The van der Waals surface area contributed by atoms with Crippen molar-refractivity contribution in [3.05, 3.63) is 120 Å². The van der Waals surface area contributed by atoms with Crippen LogP contribution in [-0.2, 0) is 36.5 Å². The molecule has 33 heavy (non-hydrogen) atoms. The van der Waals surface area contributed by atoms with Gasteiger partial charge in [0, 0.05) is 11.1 Å². The molecule has 5 aromatic rings. The summed E-state index contributed by atoms with van der Waals surface area (Å²) in [5, 5.41) is 5.08. The smallest absolute Gasteiger partial charge is 0.496 e. The number of ether oxygens (including phenoxy) is 1. The second-order valence-electron chi connectivity index (χ2n) is 7.94. The first kappa shape index (κ1) is 22.8. The average molecular weight is 474 g/mol. The van der Waals surface area contributed by atoms with Gasteiger partial charge in [0.25, 0.3) is 0 Å². The SMILES string of the molecule is COc1cccc2c1CCc1c-2nn(Cc2ccccc2)c1-c1ccc[cH-]1.[Fe+2].c1cc[cH-]c1. The van der Waals surface area contributed by atoms with E-state index in [9.17, 15) is 0 Å². The minimum atomic E-state index is 0. The molecule has 0 saturated carbocycles. The number of fused-ring (bicyclic) bond motifs is 3. The fourth-order valence-electron chi connectivity index (χ4n) is 4.49. The number of nitrogens with zero attached hydrogens (tertiary/aromatic N) is 2. The molecule has 1 aromatic heterocycles. The minimum Gasteiger partial charge on any atom is -0.496 e. The molecule has 0 unspecified atom stereocenters. The van der Waals surface area contributed by atoms with Gasteiger partial charge in [0.2, 0.25) is 0 Å². The van der Waals surface area contributed by atoms with Gasteiger partial charge in [-0.05, 0) is 35.7 Å². The summed E-state index contributed by atoms with van der Waals surface area (Å²) in [5.41, 5.74) is 8.66. The molecule has 0 spiro atoms. The van der Waals surface area contributed by atoms with Crippen molar-refractivity contribution in [2.45, 2.75) is 19.4 Å². The number of methoxy groups -OCH3 is 1. The molecule has 166 valence electrons. The Bertz CT molecular complexity index is 1250. The van der Waals surface area contributed by atoms with Crippen molar-refractivity contribution >= 4 is 0 Å². The number of benzene rings is 2. The van der Waals surface area contributed by atoms with Crippen LogP contribution < -0.4 is 4.74 Å². The first-order chi connectivity index (χ1) is 15.8. The van der Waals surface area contributed by atoms with Crippen LogP contribution >= 0.6 is 0 Å². The van der Waals surface area contributed by atoms with Gasteiger partial charge in [-0.15, -0.1) is 11.6 Å². The molecular weight excluding hydrogens is 448 g/mol. The van der Waals surface area contributed by atoms with E-state index in [0.717, 1.165) is 30.8 Å². The van der Waals surface area contributed by atoms with Crippen LogP contribution in [0.25, 0.3) is 22.5 Å². The summed E-state index contributed by atoms with van der Waals surface area (Å²) in [6, 6.07) is 35.4. The van der Waals surface area contributed by atoms with E-state index in [1.165, 1.54) is 33.5 Å². The minimum absolute atomic E-state index is 0. The van der Waals surface area contributed by atoms with Crippen LogP contribution in [0, 0.1) is 0 Å². The zero-order chi connectivity index (χ0) is 21.8. The molecule has 4 heteroatoms. The maximum absolute atomic E-state index is 5.60. The van der Waals surface area contributed by atoms with Gasteiger partial charge < -0.3 is 4.74 Å². The Kier molecular flexibility index (Phi) is 7.29. The second kappa shape index (κ2) is 10.5. The molecule has 0 bridgehead atoms. The van der Waals surface area contributed by atoms with E-state index in [-0.39, 0.29) is 17.1 Å². The first-order valence-corrected chi connectivity index (χ1v) is 11.0. The fraction of sp³-hybridized carbons (Fsp3) is 0.138. The Morgan fingerprint density at radius 3 is 2.30 bits per heavy atom. The topological polar surface area (TPSA) is 27.1 Å². The molecule has 0 saturated heterocycles. The summed E-state index contributed by atoms with van der Waals surface area (Å²) in [6.07, 6.45) is 1.97. The van der Waals surface area contributed by atoms with E-state index in [2.05, 4.69) is 71.4 Å². The molecule has 0 atom stereocenters. The third kappa shape index (κ3) is 4.73. The normalized spacial score (nSPS) is 11.4. The molecule has 0 aliphatic heterocycles. The number of hydrogen-bond acceptors (Lipinski definition) is 2. The Labute approximate surface area is 205 Å². The van der Waals surface area contributed by atoms with Crippen LogP contribution in [0.2, 0.25) is 0 Å². The molecule has 1 heterocycles. The van der Waals surface area contributed by atoms with Gasteiger partial charge >= 0.3 is 17.1 Å². The van der Waals surface area contributed by atoms with Crippen molar-refractivity contribution in [2.75, 3.05) is 7.11 Å². The van der Waals surface area contributed by atoms with E-state index in [1.54, 1.807) is 7.11 Å². The maximum atomic E-state index is 5.60. The van der Waals surface area contributed by atoms with Crippen molar-refractivity contribution in [3.8, 4) is 28.3 Å². The summed E-state index contributed by atoms with van der Waals surface area (Å²) in [5.74, 6) is 0.964. The van der Waals surface area contributed by atoms with E-state index in [4.69, 9.17) is 9.84 Å². The van der Waals surface area contributed by atoms with E-state index in [0.29, 0.717) is 0 Å². The number of rotatable bonds is 4. The van der Waals surface area contributed by atoms with Gasteiger partial charge in [-0.1, -0.05) is 42.5 Å². The Morgan fingerprint density at radius 1 is 0.848 bits per heavy atom. The summed E-state index contributed by atoms with van der Waals surface area (Å²) in [4.78, 5) is 0. The molecule has 0 amide bonds. The van der Waals surface area contributed by atoms with Crippen molar-refractivity contribution in [1.29, 1.82) is 0 Å². The largest absolute Gasteiger partial charge is 2.00 e. The summed E-state index contributed by atoms with van der Waals surface area (Å²) < 4.78 is 7.77. The molecule has 6 rings (SSSR count). The zero-order valence-corrected chi connectivity index (χ0v) is 19.7. The molecule has 3 nitrogen and oxygen atoms in total. The summed E-state index contributed by atoms with van der Waals surface area (Å²) in [7, 11) is 1.74. The molecular formula is C29H26FeN2O. The van der Waals surface area contributed by atoms with Crippen molar-refractivity contribution in [1.82, 2.24) is 9.78 Å². The van der Waals surface area contributed by atoms with E-state index < -0.39 is 0 Å². The average Bonchev–Trinajstić information content (AvgIpc) is 3.62. The third-order valence-corrected chi connectivity index (χ3v) is 5.95. The molecule has 0 fully saturated rings. The van der Waals surface area contributed by atoms with Crippen LogP contribution in [-0.4, -0.2) is 16.9 Å². The molecule has 4 aromatic carbocycles. The van der Waals surface area contributed by atoms with Gasteiger partial charge in [0.1, 0.15) is 5.75 Å². The van der Waals surface area contributed by atoms with E-state index >= 15 is 0 Å². The van der Waals surface area contributed by atoms with Crippen LogP contribution in [0.5, 0.6) is 5.75 Å². The molecule has 1 aliphatic rings. The summed E-state index contributed by atoms with van der Waals surface area (Å²) in [6.45, 7) is 0.771. The quantitative estimate of drug-likeness (QED) is 0.220.